The van der Waals surface area contributed by atoms with Gasteiger partial charge in [-0.25, -0.2) is 0 Å². The predicted octanol–water partition coefficient (Wildman–Crippen LogP) is 4.31. The van der Waals surface area contributed by atoms with Gasteiger partial charge in [0.25, 0.3) is 0 Å². The molecule has 0 radical (unpaired) electrons. The second kappa shape index (κ2) is 7.66. The van der Waals surface area contributed by atoms with Crippen molar-refractivity contribution < 1.29 is 9.53 Å². The zero-order chi connectivity index (χ0) is 17.8. The SMILES string of the molecule is COc1ccc2[nH]c(Sc3ccc(C)cc3)c(CCNC(C)=O)c2c1. The summed E-state index contributed by atoms with van der Waals surface area (Å²) in [6.45, 7) is 4.24. The van der Waals surface area contributed by atoms with E-state index in [9.17, 15) is 4.79 Å². The first-order valence-corrected chi connectivity index (χ1v) is 9.06. The second-order valence-corrected chi connectivity index (χ2v) is 7.08. The summed E-state index contributed by atoms with van der Waals surface area (Å²) in [6.07, 6.45) is 0.765. The van der Waals surface area contributed by atoms with Gasteiger partial charge < -0.3 is 15.0 Å². The molecule has 3 aromatic rings. The number of amides is 1. The number of hydrogen-bond acceptors (Lipinski definition) is 3. The normalized spacial score (nSPS) is 10.8. The maximum absolute atomic E-state index is 11.2. The van der Waals surface area contributed by atoms with Crippen molar-refractivity contribution in [2.24, 2.45) is 0 Å². The van der Waals surface area contributed by atoms with Gasteiger partial charge in [-0.05, 0) is 49.2 Å². The molecule has 2 N–H and O–H groups in total. The van der Waals surface area contributed by atoms with Crippen molar-refractivity contribution in [3.05, 3.63) is 53.6 Å². The van der Waals surface area contributed by atoms with Gasteiger partial charge in [-0.1, -0.05) is 29.5 Å². The highest BCUT2D eigenvalue weighted by Crippen LogP contribution is 2.36. The third-order valence-electron chi connectivity index (χ3n) is 4.06. The number of nitrogens with one attached hydrogen (secondary N) is 2. The molecule has 2 aromatic carbocycles. The number of fused-ring (bicyclic) bond motifs is 1. The number of carbonyl (C=O) groups is 1. The van der Waals surface area contributed by atoms with E-state index >= 15 is 0 Å². The van der Waals surface area contributed by atoms with Crippen LogP contribution in [0, 0.1) is 6.92 Å². The van der Waals surface area contributed by atoms with E-state index in [0.29, 0.717) is 6.54 Å². The summed E-state index contributed by atoms with van der Waals surface area (Å²) in [5.41, 5.74) is 3.53. The molecular weight excluding hydrogens is 332 g/mol. The third kappa shape index (κ3) is 4.17. The van der Waals surface area contributed by atoms with Crippen LogP contribution < -0.4 is 10.1 Å². The quantitative estimate of drug-likeness (QED) is 0.693. The van der Waals surface area contributed by atoms with Gasteiger partial charge in [0.2, 0.25) is 5.91 Å². The Balaban J connectivity index is 1.96. The number of ether oxygens (including phenoxy) is 1. The van der Waals surface area contributed by atoms with Crippen molar-refractivity contribution in [2.45, 2.75) is 30.2 Å². The van der Waals surface area contributed by atoms with E-state index < -0.39 is 0 Å². The third-order valence-corrected chi connectivity index (χ3v) is 5.12. The molecule has 1 amide bonds. The molecule has 0 saturated heterocycles. The number of methoxy groups -OCH3 is 1. The van der Waals surface area contributed by atoms with Gasteiger partial charge >= 0.3 is 0 Å². The Bertz CT molecular complexity index is 885. The number of aromatic nitrogens is 1. The molecular formula is C20H22N2O2S. The van der Waals surface area contributed by atoms with Crippen molar-refractivity contribution in [2.75, 3.05) is 13.7 Å². The van der Waals surface area contributed by atoms with Gasteiger partial charge in [-0.2, -0.15) is 0 Å². The lowest BCUT2D eigenvalue weighted by Gasteiger charge is -2.07. The predicted molar refractivity (Wildman–Crippen MR) is 103 cm³/mol. The van der Waals surface area contributed by atoms with E-state index in [4.69, 9.17) is 4.74 Å². The molecule has 3 rings (SSSR count). The second-order valence-electron chi connectivity index (χ2n) is 5.99. The van der Waals surface area contributed by atoms with Crippen LogP contribution in [-0.4, -0.2) is 24.5 Å². The molecule has 0 bridgehead atoms. The van der Waals surface area contributed by atoms with Crippen molar-refractivity contribution >= 4 is 28.6 Å². The number of benzene rings is 2. The molecule has 0 fully saturated rings. The first kappa shape index (κ1) is 17.4. The van der Waals surface area contributed by atoms with Crippen molar-refractivity contribution in [1.29, 1.82) is 0 Å². The van der Waals surface area contributed by atoms with Crippen LogP contribution in [0.4, 0.5) is 0 Å². The van der Waals surface area contributed by atoms with Crippen LogP contribution in [0.15, 0.2) is 52.4 Å². The number of H-pyrrole nitrogens is 1. The minimum atomic E-state index is -0.00911. The van der Waals surface area contributed by atoms with Crippen molar-refractivity contribution in [3.63, 3.8) is 0 Å². The van der Waals surface area contributed by atoms with Gasteiger partial charge in [-0.3, -0.25) is 4.79 Å². The Morgan fingerprint density at radius 1 is 1.20 bits per heavy atom. The molecule has 1 aromatic heterocycles. The fourth-order valence-corrected chi connectivity index (χ4v) is 3.76. The maximum Gasteiger partial charge on any atom is 0.216 e. The van der Waals surface area contributed by atoms with E-state index in [2.05, 4.69) is 41.5 Å². The first-order valence-electron chi connectivity index (χ1n) is 8.24. The van der Waals surface area contributed by atoms with Gasteiger partial charge in [-0.15, -0.1) is 0 Å². The van der Waals surface area contributed by atoms with E-state index in [1.54, 1.807) is 25.8 Å². The molecule has 5 heteroatoms. The van der Waals surface area contributed by atoms with Gasteiger partial charge in [0.1, 0.15) is 5.75 Å². The molecule has 0 saturated carbocycles. The molecule has 130 valence electrons. The minimum absolute atomic E-state index is 0.00911. The van der Waals surface area contributed by atoms with Gasteiger partial charge in [0.15, 0.2) is 0 Å². The van der Waals surface area contributed by atoms with Crippen LogP contribution in [-0.2, 0) is 11.2 Å². The molecule has 0 aliphatic heterocycles. The fourth-order valence-electron chi connectivity index (χ4n) is 2.75. The molecule has 0 aliphatic rings. The summed E-state index contributed by atoms with van der Waals surface area (Å²) in [5, 5.41) is 5.13. The summed E-state index contributed by atoms with van der Waals surface area (Å²) >= 11 is 1.71. The zero-order valence-corrected chi connectivity index (χ0v) is 15.5. The van der Waals surface area contributed by atoms with Crippen LogP contribution >= 0.6 is 11.8 Å². The van der Waals surface area contributed by atoms with Crippen LogP contribution in [0.5, 0.6) is 5.75 Å². The molecule has 0 unspecified atom stereocenters. The van der Waals surface area contributed by atoms with Crippen LogP contribution in [0.25, 0.3) is 10.9 Å². The number of aromatic amines is 1. The number of rotatable bonds is 6. The van der Waals surface area contributed by atoms with Crippen molar-refractivity contribution in [3.8, 4) is 5.75 Å². The average molecular weight is 354 g/mol. The van der Waals surface area contributed by atoms with Crippen LogP contribution in [0.1, 0.15) is 18.1 Å². The Kier molecular flexibility index (Phi) is 5.34. The number of carbonyl (C=O) groups excluding carboxylic acids is 1. The zero-order valence-electron chi connectivity index (χ0n) is 14.7. The molecule has 0 spiro atoms. The topological polar surface area (TPSA) is 54.1 Å². The summed E-state index contributed by atoms with van der Waals surface area (Å²) in [4.78, 5) is 15.9. The Labute approximate surface area is 152 Å². The average Bonchev–Trinajstić information content (AvgIpc) is 2.93. The Morgan fingerprint density at radius 2 is 1.96 bits per heavy atom. The molecule has 4 nitrogen and oxygen atoms in total. The van der Waals surface area contributed by atoms with E-state index in [-0.39, 0.29) is 5.91 Å². The number of hydrogen-bond donors (Lipinski definition) is 2. The molecule has 25 heavy (non-hydrogen) atoms. The maximum atomic E-state index is 11.2. The summed E-state index contributed by atoms with van der Waals surface area (Å²) < 4.78 is 5.37. The Hall–Kier alpha value is -2.40. The monoisotopic (exact) mass is 354 g/mol. The van der Waals surface area contributed by atoms with Crippen molar-refractivity contribution in [1.82, 2.24) is 10.3 Å². The molecule has 1 heterocycles. The lowest BCUT2D eigenvalue weighted by atomic mass is 10.1. The molecule has 0 atom stereocenters. The van der Waals surface area contributed by atoms with Crippen LogP contribution in [0.3, 0.4) is 0 Å². The first-order chi connectivity index (χ1) is 12.1. The summed E-state index contributed by atoms with van der Waals surface area (Å²) in [7, 11) is 1.67. The van der Waals surface area contributed by atoms with E-state index in [1.807, 2.05) is 18.2 Å². The lowest BCUT2D eigenvalue weighted by molar-refractivity contribution is -0.118. The highest BCUT2D eigenvalue weighted by atomic mass is 32.2. The van der Waals surface area contributed by atoms with Gasteiger partial charge in [0, 0.05) is 29.3 Å². The van der Waals surface area contributed by atoms with E-state index in [0.717, 1.165) is 28.1 Å². The van der Waals surface area contributed by atoms with Crippen LogP contribution in [0.2, 0.25) is 0 Å². The van der Waals surface area contributed by atoms with E-state index in [1.165, 1.54) is 16.0 Å². The highest BCUT2D eigenvalue weighted by Gasteiger charge is 2.14. The number of aryl methyl sites for hydroxylation is 1. The largest absolute Gasteiger partial charge is 0.497 e. The standard InChI is InChI=1S/C20H22N2O2S/c1-13-4-7-16(8-5-13)25-20-17(10-11-21-14(2)23)18-12-15(24-3)6-9-19(18)22-20/h4-9,12,22H,10-11H2,1-3H3,(H,21,23). The smallest absolute Gasteiger partial charge is 0.216 e. The summed E-state index contributed by atoms with van der Waals surface area (Å²) in [5.74, 6) is 0.823. The lowest BCUT2D eigenvalue weighted by Crippen LogP contribution is -2.22. The summed E-state index contributed by atoms with van der Waals surface area (Å²) in [6, 6.07) is 14.5. The highest BCUT2D eigenvalue weighted by molar-refractivity contribution is 7.99. The van der Waals surface area contributed by atoms with Gasteiger partial charge in [0.05, 0.1) is 12.1 Å². The molecule has 0 aliphatic carbocycles. The minimum Gasteiger partial charge on any atom is -0.497 e. The fraction of sp³-hybridized carbons (Fsp3) is 0.250. The Morgan fingerprint density at radius 3 is 2.64 bits per heavy atom.